The molecule has 6 heteroatoms. The minimum atomic E-state index is -1.02. The Kier molecular flexibility index (Phi) is 4.70. The Labute approximate surface area is 126 Å². The fraction of sp³-hybridized carbons (Fsp3) is 0.267. The second-order valence-electron chi connectivity index (χ2n) is 4.71. The number of thiazole rings is 1. The van der Waals surface area contributed by atoms with Gasteiger partial charge in [0.1, 0.15) is 11.0 Å². The highest BCUT2D eigenvalue weighted by Gasteiger charge is 2.22. The van der Waals surface area contributed by atoms with E-state index >= 15 is 0 Å². The maximum atomic E-state index is 12.0. The van der Waals surface area contributed by atoms with E-state index < -0.39 is 12.0 Å². The minimum Gasteiger partial charge on any atom is -0.480 e. The molecule has 0 saturated heterocycles. The highest BCUT2D eigenvalue weighted by atomic mass is 32.1. The lowest BCUT2D eigenvalue weighted by Gasteiger charge is -2.20. The Balaban J connectivity index is 2.06. The number of carbonyl (C=O) groups is 2. The molecule has 0 aliphatic carbocycles. The van der Waals surface area contributed by atoms with Gasteiger partial charge in [-0.1, -0.05) is 30.3 Å². The quantitative estimate of drug-likeness (QED) is 0.920. The molecule has 110 valence electrons. The van der Waals surface area contributed by atoms with E-state index in [1.807, 2.05) is 35.7 Å². The summed E-state index contributed by atoms with van der Waals surface area (Å²) in [5.74, 6) is -1.27. The van der Waals surface area contributed by atoms with Crippen molar-refractivity contribution in [3.63, 3.8) is 0 Å². The molecule has 0 fully saturated rings. The molecule has 0 saturated carbocycles. The third kappa shape index (κ3) is 3.66. The first-order valence-corrected chi connectivity index (χ1v) is 7.35. The number of aromatic nitrogens is 1. The fourth-order valence-corrected chi connectivity index (χ4v) is 2.59. The summed E-state index contributed by atoms with van der Waals surface area (Å²) in [6, 6.07) is 8.88. The Morgan fingerprint density at radius 1 is 1.33 bits per heavy atom. The first kappa shape index (κ1) is 15.2. The highest BCUT2D eigenvalue weighted by molar-refractivity contribution is 7.13. The number of rotatable bonds is 5. The summed E-state index contributed by atoms with van der Waals surface area (Å²) in [6.45, 7) is 1.48. The van der Waals surface area contributed by atoms with E-state index in [1.54, 1.807) is 0 Å². The average Bonchev–Trinajstić information content (AvgIpc) is 2.95. The number of hydrogen-bond donors (Lipinski definition) is 1. The van der Waals surface area contributed by atoms with Crippen molar-refractivity contribution < 1.29 is 14.7 Å². The normalized spacial score (nSPS) is 11.9. The van der Waals surface area contributed by atoms with Crippen LogP contribution in [0.4, 0.5) is 0 Å². The maximum Gasteiger partial charge on any atom is 0.326 e. The zero-order valence-corrected chi connectivity index (χ0v) is 12.6. The van der Waals surface area contributed by atoms with Gasteiger partial charge in [-0.15, -0.1) is 11.3 Å². The number of likely N-dealkylation sites (N-methyl/N-ethyl adjacent to an activating group) is 1. The zero-order chi connectivity index (χ0) is 15.4. The third-order valence-electron chi connectivity index (χ3n) is 3.24. The summed E-state index contributed by atoms with van der Waals surface area (Å²) in [4.78, 5) is 28.6. The van der Waals surface area contributed by atoms with Gasteiger partial charge < -0.3 is 10.0 Å². The van der Waals surface area contributed by atoms with Crippen LogP contribution in [0.25, 0.3) is 10.6 Å². The van der Waals surface area contributed by atoms with Crippen LogP contribution in [0.3, 0.4) is 0 Å². The van der Waals surface area contributed by atoms with Crippen LogP contribution in [-0.2, 0) is 16.0 Å². The SMILES string of the molecule is CC(C(=O)O)N(C)C(=O)Cc1csc(-c2ccccc2)n1. The van der Waals surface area contributed by atoms with Crippen molar-refractivity contribution in [1.29, 1.82) is 0 Å². The molecule has 1 N–H and O–H groups in total. The van der Waals surface area contributed by atoms with E-state index in [0.29, 0.717) is 5.69 Å². The van der Waals surface area contributed by atoms with Gasteiger partial charge in [0.15, 0.2) is 0 Å². The van der Waals surface area contributed by atoms with E-state index in [2.05, 4.69) is 4.98 Å². The Morgan fingerprint density at radius 3 is 2.62 bits per heavy atom. The van der Waals surface area contributed by atoms with Crippen LogP contribution >= 0.6 is 11.3 Å². The molecule has 21 heavy (non-hydrogen) atoms. The molecular formula is C15H16N2O3S. The van der Waals surface area contributed by atoms with Gasteiger partial charge in [-0.2, -0.15) is 0 Å². The highest BCUT2D eigenvalue weighted by Crippen LogP contribution is 2.23. The molecule has 0 spiro atoms. The summed E-state index contributed by atoms with van der Waals surface area (Å²) in [6.07, 6.45) is 0.109. The van der Waals surface area contributed by atoms with Crippen LogP contribution in [0.15, 0.2) is 35.7 Å². The second kappa shape index (κ2) is 6.49. The van der Waals surface area contributed by atoms with Crippen molar-refractivity contribution >= 4 is 23.2 Å². The molecule has 1 amide bonds. The van der Waals surface area contributed by atoms with Crippen molar-refractivity contribution in [1.82, 2.24) is 9.88 Å². The summed E-state index contributed by atoms with van der Waals surface area (Å²) in [7, 11) is 1.49. The summed E-state index contributed by atoms with van der Waals surface area (Å²) in [5.41, 5.74) is 1.67. The van der Waals surface area contributed by atoms with Crippen LogP contribution in [0.1, 0.15) is 12.6 Å². The predicted molar refractivity (Wildman–Crippen MR) is 81.1 cm³/mol. The fourth-order valence-electron chi connectivity index (χ4n) is 1.76. The van der Waals surface area contributed by atoms with Gasteiger partial charge in [0, 0.05) is 18.0 Å². The maximum absolute atomic E-state index is 12.0. The summed E-state index contributed by atoms with van der Waals surface area (Å²) in [5, 5.41) is 11.6. The molecule has 0 aliphatic heterocycles. The lowest BCUT2D eigenvalue weighted by molar-refractivity contribution is -0.148. The smallest absolute Gasteiger partial charge is 0.326 e. The summed E-state index contributed by atoms with van der Waals surface area (Å²) < 4.78 is 0. The van der Waals surface area contributed by atoms with Gasteiger partial charge in [0.25, 0.3) is 0 Å². The van der Waals surface area contributed by atoms with Gasteiger partial charge in [0.2, 0.25) is 5.91 Å². The molecule has 2 aromatic rings. The number of carboxylic acid groups (broad SMARTS) is 1. The van der Waals surface area contributed by atoms with Crippen LogP contribution in [0.5, 0.6) is 0 Å². The molecule has 0 bridgehead atoms. The van der Waals surface area contributed by atoms with E-state index in [1.165, 1.54) is 30.2 Å². The van der Waals surface area contributed by atoms with E-state index in [-0.39, 0.29) is 12.3 Å². The summed E-state index contributed by atoms with van der Waals surface area (Å²) >= 11 is 1.47. The molecule has 1 heterocycles. The molecule has 1 aromatic heterocycles. The lowest BCUT2D eigenvalue weighted by atomic mass is 10.2. The van der Waals surface area contributed by atoms with Crippen LogP contribution in [0.2, 0.25) is 0 Å². The topological polar surface area (TPSA) is 70.5 Å². The first-order valence-electron chi connectivity index (χ1n) is 6.47. The number of benzene rings is 1. The second-order valence-corrected chi connectivity index (χ2v) is 5.56. The predicted octanol–water partition coefficient (Wildman–Crippen LogP) is 2.28. The average molecular weight is 304 g/mol. The van der Waals surface area contributed by atoms with Gasteiger partial charge in [-0.25, -0.2) is 9.78 Å². The van der Waals surface area contributed by atoms with Gasteiger partial charge >= 0.3 is 5.97 Å². The Morgan fingerprint density at radius 2 is 2.00 bits per heavy atom. The molecular weight excluding hydrogens is 288 g/mol. The molecule has 1 unspecified atom stereocenters. The van der Waals surface area contributed by atoms with E-state index in [4.69, 9.17) is 5.11 Å². The number of hydrogen-bond acceptors (Lipinski definition) is 4. The monoisotopic (exact) mass is 304 g/mol. The van der Waals surface area contributed by atoms with Crippen LogP contribution < -0.4 is 0 Å². The van der Waals surface area contributed by atoms with E-state index in [0.717, 1.165) is 10.6 Å². The van der Waals surface area contributed by atoms with Crippen LogP contribution in [-0.4, -0.2) is 40.0 Å². The lowest BCUT2D eigenvalue weighted by Crippen LogP contribution is -2.41. The zero-order valence-electron chi connectivity index (χ0n) is 11.8. The number of carboxylic acids is 1. The number of carbonyl (C=O) groups excluding carboxylic acids is 1. The van der Waals surface area contributed by atoms with Crippen molar-refractivity contribution in [3.8, 4) is 10.6 Å². The molecule has 5 nitrogen and oxygen atoms in total. The molecule has 0 aliphatic rings. The van der Waals surface area contributed by atoms with Crippen molar-refractivity contribution in [2.75, 3.05) is 7.05 Å². The number of nitrogens with zero attached hydrogens (tertiary/aromatic N) is 2. The molecule has 1 atom stereocenters. The first-order chi connectivity index (χ1) is 9.99. The van der Waals surface area contributed by atoms with Crippen molar-refractivity contribution in [2.24, 2.45) is 0 Å². The van der Waals surface area contributed by atoms with E-state index in [9.17, 15) is 9.59 Å². The van der Waals surface area contributed by atoms with Crippen molar-refractivity contribution in [2.45, 2.75) is 19.4 Å². The van der Waals surface area contributed by atoms with Gasteiger partial charge in [-0.05, 0) is 6.92 Å². The molecule has 0 radical (unpaired) electrons. The largest absolute Gasteiger partial charge is 0.480 e. The Hall–Kier alpha value is -2.21. The van der Waals surface area contributed by atoms with Crippen molar-refractivity contribution in [3.05, 3.63) is 41.4 Å². The van der Waals surface area contributed by atoms with Crippen LogP contribution in [0, 0.1) is 0 Å². The molecule has 2 rings (SSSR count). The standard InChI is InChI=1S/C15H16N2O3S/c1-10(15(19)20)17(2)13(18)8-12-9-21-14(16-12)11-6-4-3-5-7-11/h3-7,9-10H,8H2,1-2H3,(H,19,20). The Bertz CT molecular complexity index is 639. The third-order valence-corrected chi connectivity index (χ3v) is 4.18. The minimum absolute atomic E-state index is 0.109. The molecule has 1 aromatic carbocycles. The van der Waals surface area contributed by atoms with Gasteiger partial charge in [-0.3, -0.25) is 4.79 Å². The number of amides is 1. The number of aliphatic carboxylic acids is 1. The van der Waals surface area contributed by atoms with Gasteiger partial charge in [0.05, 0.1) is 12.1 Å².